The maximum atomic E-state index is 12.1. The van der Waals surface area contributed by atoms with Crippen molar-refractivity contribution in [3.63, 3.8) is 0 Å². The zero-order valence-corrected chi connectivity index (χ0v) is 16.4. The van der Waals surface area contributed by atoms with Crippen LogP contribution in [-0.2, 0) is 0 Å². The number of pyridine rings is 1. The summed E-state index contributed by atoms with van der Waals surface area (Å²) >= 11 is 0. The van der Waals surface area contributed by atoms with Crippen LogP contribution >= 0.6 is 0 Å². The molecule has 0 aliphatic carbocycles. The van der Waals surface area contributed by atoms with Crippen LogP contribution in [-0.4, -0.2) is 55.1 Å². The van der Waals surface area contributed by atoms with Gasteiger partial charge in [-0.15, -0.1) is 0 Å². The third-order valence-electron chi connectivity index (χ3n) is 5.05. The standard InChI is InChI=1S/C22H30N4O/c1-18-7-5-9-20(17-18)26-15-13-25(14-16-26)12-4-3-11-23-22(27)21-10-6-8-19(2)24-21/h5-10,17H,3-4,11-16H2,1-2H3,(H,23,27). The van der Waals surface area contributed by atoms with Crippen molar-refractivity contribution in [2.45, 2.75) is 26.7 Å². The van der Waals surface area contributed by atoms with E-state index in [4.69, 9.17) is 0 Å². The number of hydrogen-bond acceptors (Lipinski definition) is 4. The largest absolute Gasteiger partial charge is 0.369 e. The van der Waals surface area contributed by atoms with Crippen LogP contribution in [0.2, 0.25) is 0 Å². The Bertz CT molecular complexity index is 753. The molecule has 2 aromatic rings. The number of rotatable bonds is 7. The van der Waals surface area contributed by atoms with E-state index >= 15 is 0 Å². The summed E-state index contributed by atoms with van der Waals surface area (Å²) in [6.45, 7) is 10.2. The molecule has 3 rings (SSSR count). The van der Waals surface area contributed by atoms with Gasteiger partial charge in [-0.1, -0.05) is 18.2 Å². The third kappa shape index (κ3) is 5.79. The van der Waals surface area contributed by atoms with Crippen molar-refractivity contribution in [3.8, 4) is 0 Å². The first-order chi connectivity index (χ1) is 13.1. The van der Waals surface area contributed by atoms with Gasteiger partial charge in [-0.3, -0.25) is 9.69 Å². The molecule has 1 aromatic carbocycles. The van der Waals surface area contributed by atoms with E-state index < -0.39 is 0 Å². The maximum Gasteiger partial charge on any atom is 0.269 e. The minimum Gasteiger partial charge on any atom is -0.369 e. The van der Waals surface area contributed by atoms with Crippen LogP contribution in [0.25, 0.3) is 0 Å². The monoisotopic (exact) mass is 366 g/mol. The predicted molar refractivity (Wildman–Crippen MR) is 110 cm³/mol. The molecular weight excluding hydrogens is 336 g/mol. The lowest BCUT2D eigenvalue weighted by Crippen LogP contribution is -2.46. The molecule has 5 nitrogen and oxygen atoms in total. The smallest absolute Gasteiger partial charge is 0.269 e. The summed E-state index contributed by atoms with van der Waals surface area (Å²) in [5.41, 5.74) is 4.02. The normalized spacial score (nSPS) is 15.0. The van der Waals surface area contributed by atoms with Gasteiger partial charge in [0.25, 0.3) is 5.91 Å². The number of carbonyl (C=O) groups is 1. The van der Waals surface area contributed by atoms with Gasteiger partial charge in [-0.05, 0) is 63.1 Å². The number of hydrogen-bond donors (Lipinski definition) is 1. The van der Waals surface area contributed by atoms with Crippen molar-refractivity contribution in [1.29, 1.82) is 0 Å². The first-order valence-corrected chi connectivity index (χ1v) is 9.88. The van der Waals surface area contributed by atoms with Gasteiger partial charge in [-0.25, -0.2) is 4.98 Å². The Kier molecular flexibility index (Phi) is 6.82. The fourth-order valence-electron chi connectivity index (χ4n) is 3.48. The molecule has 0 bridgehead atoms. The molecule has 1 fully saturated rings. The second-order valence-corrected chi connectivity index (χ2v) is 7.29. The van der Waals surface area contributed by atoms with E-state index in [2.05, 4.69) is 51.3 Å². The number of aromatic nitrogens is 1. The van der Waals surface area contributed by atoms with Crippen molar-refractivity contribution in [2.24, 2.45) is 0 Å². The van der Waals surface area contributed by atoms with Gasteiger partial charge >= 0.3 is 0 Å². The van der Waals surface area contributed by atoms with Gasteiger partial charge in [0.2, 0.25) is 0 Å². The van der Waals surface area contributed by atoms with Crippen molar-refractivity contribution in [2.75, 3.05) is 44.2 Å². The summed E-state index contributed by atoms with van der Waals surface area (Å²) in [6.07, 6.45) is 2.10. The number of anilines is 1. The molecule has 1 saturated heterocycles. The summed E-state index contributed by atoms with van der Waals surface area (Å²) in [4.78, 5) is 21.3. The van der Waals surface area contributed by atoms with Crippen molar-refractivity contribution in [3.05, 3.63) is 59.4 Å². The second-order valence-electron chi connectivity index (χ2n) is 7.29. The molecule has 1 N–H and O–H groups in total. The van der Waals surface area contributed by atoms with Gasteiger partial charge in [0.05, 0.1) is 0 Å². The summed E-state index contributed by atoms with van der Waals surface area (Å²) in [6, 6.07) is 14.3. The van der Waals surface area contributed by atoms with Crippen LogP contribution < -0.4 is 10.2 Å². The molecule has 0 radical (unpaired) electrons. The summed E-state index contributed by atoms with van der Waals surface area (Å²) in [5.74, 6) is -0.0783. The Morgan fingerprint density at radius 2 is 1.81 bits per heavy atom. The van der Waals surface area contributed by atoms with Gasteiger partial charge in [0, 0.05) is 44.1 Å². The third-order valence-corrected chi connectivity index (χ3v) is 5.05. The SMILES string of the molecule is Cc1cccc(N2CCN(CCCCNC(=O)c3cccc(C)n3)CC2)c1. The van der Waals surface area contributed by atoms with Crippen LogP contribution in [0.4, 0.5) is 5.69 Å². The topological polar surface area (TPSA) is 48.5 Å². The number of nitrogens with zero attached hydrogens (tertiary/aromatic N) is 3. The Morgan fingerprint density at radius 3 is 2.56 bits per heavy atom. The minimum absolute atomic E-state index is 0.0783. The molecule has 0 saturated carbocycles. The molecule has 1 aliphatic heterocycles. The lowest BCUT2D eigenvalue weighted by atomic mass is 10.2. The van der Waals surface area contributed by atoms with E-state index in [9.17, 15) is 4.79 Å². The number of nitrogens with one attached hydrogen (secondary N) is 1. The van der Waals surface area contributed by atoms with E-state index in [0.717, 1.165) is 51.3 Å². The van der Waals surface area contributed by atoms with Gasteiger partial charge in [0.15, 0.2) is 0 Å². The molecule has 2 heterocycles. The van der Waals surface area contributed by atoms with Crippen molar-refractivity contribution >= 4 is 11.6 Å². The number of aryl methyl sites for hydroxylation is 2. The van der Waals surface area contributed by atoms with Crippen molar-refractivity contribution in [1.82, 2.24) is 15.2 Å². The summed E-state index contributed by atoms with van der Waals surface area (Å²) in [7, 11) is 0. The number of piperazine rings is 1. The first-order valence-electron chi connectivity index (χ1n) is 9.88. The molecule has 1 aromatic heterocycles. The summed E-state index contributed by atoms with van der Waals surface area (Å²) < 4.78 is 0. The van der Waals surface area contributed by atoms with Crippen LogP contribution in [0.1, 0.15) is 34.6 Å². The number of amides is 1. The molecule has 27 heavy (non-hydrogen) atoms. The van der Waals surface area contributed by atoms with Gasteiger partial charge in [0.1, 0.15) is 5.69 Å². The Labute approximate surface area is 162 Å². The number of unbranched alkanes of at least 4 members (excludes halogenated alkanes) is 1. The predicted octanol–water partition coefficient (Wildman–Crippen LogP) is 3.03. The highest BCUT2D eigenvalue weighted by molar-refractivity contribution is 5.92. The Balaban J connectivity index is 1.31. The van der Waals surface area contributed by atoms with E-state index in [0.29, 0.717) is 12.2 Å². The average molecular weight is 367 g/mol. The fraction of sp³-hybridized carbons (Fsp3) is 0.455. The Morgan fingerprint density at radius 1 is 1.04 bits per heavy atom. The lowest BCUT2D eigenvalue weighted by molar-refractivity contribution is 0.0947. The highest BCUT2D eigenvalue weighted by Crippen LogP contribution is 2.17. The molecule has 0 spiro atoms. The molecule has 0 unspecified atom stereocenters. The quantitative estimate of drug-likeness (QED) is 0.765. The van der Waals surface area contributed by atoms with E-state index in [1.54, 1.807) is 6.07 Å². The average Bonchev–Trinajstić information content (AvgIpc) is 2.68. The molecular formula is C22H30N4O. The van der Waals surface area contributed by atoms with Crippen LogP contribution in [0.5, 0.6) is 0 Å². The van der Waals surface area contributed by atoms with E-state index in [1.165, 1.54) is 11.3 Å². The van der Waals surface area contributed by atoms with Crippen LogP contribution in [0.15, 0.2) is 42.5 Å². The van der Waals surface area contributed by atoms with Crippen molar-refractivity contribution < 1.29 is 4.79 Å². The van der Waals surface area contributed by atoms with Gasteiger partial charge in [-0.2, -0.15) is 0 Å². The zero-order chi connectivity index (χ0) is 19.1. The lowest BCUT2D eigenvalue weighted by Gasteiger charge is -2.36. The highest BCUT2D eigenvalue weighted by atomic mass is 16.1. The molecule has 144 valence electrons. The van der Waals surface area contributed by atoms with E-state index in [1.807, 2.05) is 19.1 Å². The molecule has 5 heteroatoms. The molecule has 0 atom stereocenters. The highest BCUT2D eigenvalue weighted by Gasteiger charge is 2.16. The van der Waals surface area contributed by atoms with Crippen LogP contribution in [0.3, 0.4) is 0 Å². The molecule has 1 aliphatic rings. The first kappa shape index (κ1) is 19.4. The zero-order valence-electron chi connectivity index (χ0n) is 16.4. The Hall–Kier alpha value is -2.40. The number of carbonyl (C=O) groups excluding carboxylic acids is 1. The van der Waals surface area contributed by atoms with Gasteiger partial charge < -0.3 is 10.2 Å². The minimum atomic E-state index is -0.0783. The fourth-order valence-corrected chi connectivity index (χ4v) is 3.48. The number of benzene rings is 1. The second kappa shape index (κ2) is 9.51. The van der Waals surface area contributed by atoms with E-state index in [-0.39, 0.29) is 5.91 Å². The summed E-state index contributed by atoms with van der Waals surface area (Å²) in [5, 5.41) is 2.97. The maximum absolute atomic E-state index is 12.1. The molecule has 1 amide bonds. The van der Waals surface area contributed by atoms with Crippen LogP contribution in [0, 0.1) is 13.8 Å².